The fourth-order valence-electron chi connectivity index (χ4n) is 1.27. The monoisotopic (exact) mass is 237 g/mol. The van der Waals surface area contributed by atoms with E-state index in [1.807, 2.05) is 0 Å². The molecule has 0 atom stereocenters. The summed E-state index contributed by atoms with van der Waals surface area (Å²) < 4.78 is 1.71. The maximum Gasteiger partial charge on any atom is 0.268 e. The number of carbonyl (C=O) groups is 1. The number of hydrogen-bond acceptors (Lipinski definition) is 3. The summed E-state index contributed by atoms with van der Waals surface area (Å²) in [5.41, 5.74) is 6.75. The minimum atomic E-state index is -0.111. The number of amides is 1. The van der Waals surface area contributed by atoms with Crippen LogP contribution >= 0.6 is 11.8 Å². The highest BCUT2D eigenvalue weighted by Crippen LogP contribution is 2.08. The summed E-state index contributed by atoms with van der Waals surface area (Å²) in [6, 6.07) is 1.66. The zero-order valence-corrected chi connectivity index (χ0v) is 10.0. The molecule has 0 spiro atoms. The summed E-state index contributed by atoms with van der Waals surface area (Å²) in [7, 11) is 1.79. The number of nitrogens with zero attached hydrogens (tertiary/aromatic N) is 1. The maximum absolute atomic E-state index is 11.7. The molecule has 0 unspecified atom stereocenters. The molecule has 0 aliphatic carbocycles. The van der Waals surface area contributed by atoms with Crippen LogP contribution in [0, 0.1) is 12.3 Å². The van der Waals surface area contributed by atoms with Crippen molar-refractivity contribution in [2.24, 2.45) is 7.05 Å². The first-order valence-corrected chi connectivity index (χ1v) is 6.02. The third kappa shape index (κ3) is 3.55. The van der Waals surface area contributed by atoms with Gasteiger partial charge in [0.1, 0.15) is 5.69 Å². The van der Waals surface area contributed by atoms with Crippen molar-refractivity contribution in [2.75, 3.05) is 23.8 Å². The van der Waals surface area contributed by atoms with E-state index < -0.39 is 0 Å². The van der Waals surface area contributed by atoms with Gasteiger partial charge in [0.2, 0.25) is 0 Å². The minimum Gasteiger partial charge on any atom is -0.397 e. The van der Waals surface area contributed by atoms with Gasteiger partial charge in [-0.2, -0.15) is 0 Å². The molecule has 0 radical (unpaired) electrons. The van der Waals surface area contributed by atoms with Crippen molar-refractivity contribution in [3.05, 3.63) is 18.0 Å². The van der Waals surface area contributed by atoms with Gasteiger partial charge in [-0.05, 0) is 6.07 Å². The number of nitrogens with two attached hydrogens (primary N) is 1. The first-order chi connectivity index (χ1) is 7.65. The fourth-order valence-corrected chi connectivity index (χ4v) is 1.78. The number of nitrogen functional groups attached to an aromatic ring is 1. The highest BCUT2D eigenvalue weighted by Gasteiger charge is 2.09. The Balaban J connectivity index is 2.36. The highest BCUT2D eigenvalue weighted by molar-refractivity contribution is 7.99. The molecule has 0 aromatic carbocycles. The lowest BCUT2D eigenvalue weighted by Gasteiger charge is -2.04. The van der Waals surface area contributed by atoms with Gasteiger partial charge < -0.3 is 15.6 Å². The molecule has 0 aliphatic rings. The van der Waals surface area contributed by atoms with Crippen LogP contribution in [0.5, 0.6) is 0 Å². The predicted octanol–water partition coefficient (Wildman–Crippen LogP) is 0.704. The van der Waals surface area contributed by atoms with Crippen LogP contribution in [0.2, 0.25) is 0 Å². The lowest BCUT2D eigenvalue weighted by atomic mass is 10.4. The third-order valence-corrected chi connectivity index (χ3v) is 2.84. The van der Waals surface area contributed by atoms with Crippen LogP contribution in [0.25, 0.3) is 0 Å². The van der Waals surface area contributed by atoms with Gasteiger partial charge in [-0.15, -0.1) is 18.2 Å². The van der Waals surface area contributed by atoms with Crippen LogP contribution in [0.3, 0.4) is 0 Å². The van der Waals surface area contributed by atoms with E-state index in [1.54, 1.807) is 35.6 Å². The lowest BCUT2D eigenvalue weighted by molar-refractivity contribution is 0.0948. The largest absolute Gasteiger partial charge is 0.397 e. The molecule has 0 saturated heterocycles. The molecule has 1 rings (SSSR count). The van der Waals surface area contributed by atoms with Crippen LogP contribution in [-0.2, 0) is 7.05 Å². The number of carbonyl (C=O) groups excluding carboxylic acids is 1. The Hall–Kier alpha value is -1.54. The number of aryl methyl sites for hydroxylation is 1. The van der Waals surface area contributed by atoms with Gasteiger partial charge in [0, 0.05) is 25.5 Å². The van der Waals surface area contributed by atoms with E-state index in [2.05, 4.69) is 11.2 Å². The Bertz CT molecular complexity index is 406. The Kier molecular flexibility index (Phi) is 4.80. The van der Waals surface area contributed by atoms with E-state index in [0.29, 0.717) is 23.7 Å². The van der Waals surface area contributed by atoms with E-state index >= 15 is 0 Å². The Morgan fingerprint density at radius 1 is 1.75 bits per heavy atom. The quantitative estimate of drug-likeness (QED) is 0.585. The standard InChI is InChI=1S/C11H15N3OS/c1-3-5-16-6-4-13-11(15)10-7-9(12)8-14(10)2/h1,7-8H,4-6,12H2,2H3,(H,13,15). The first kappa shape index (κ1) is 12.5. The van der Waals surface area contributed by atoms with Gasteiger partial charge in [0.05, 0.1) is 11.4 Å². The number of aromatic nitrogens is 1. The van der Waals surface area contributed by atoms with E-state index in [1.165, 1.54) is 0 Å². The van der Waals surface area contributed by atoms with Gasteiger partial charge in [0.25, 0.3) is 5.91 Å². The van der Waals surface area contributed by atoms with Crippen molar-refractivity contribution in [3.63, 3.8) is 0 Å². The molecule has 1 heterocycles. The predicted molar refractivity (Wildman–Crippen MR) is 68.3 cm³/mol. The van der Waals surface area contributed by atoms with Crippen LogP contribution in [0.4, 0.5) is 5.69 Å². The summed E-state index contributed by atoms with van der Waals surface area (Å²) in [6.07, 6.45) is 6.82. The Morgan fingerprint density at radius 3 is 3.06 bits per heavy atom. The fraction of sp³-hybridized carbons (Fsp3) is 0.364. The molecule has 1 aromatic heterocycles. The molecule has 0 saturated carbocycles. The van der Waals surface area contributed by atoms with Gasteiger partial charge in [0.15, 0.2) is 0 Å². The van der Waals surface area contributed by atoms with E-state index in [9.17, 15) is 4.79 Å². The van der Waals surface area contributed by atoms with Gasteiger partial charge in [-0.3, -0.25) is 4.79 Å². The normalized spacial score (nSPS) is 9.75. The molecular formula is C11H15N3OS. The van der Waals surface area contributed by atoms with Crippen LogP contribution in [0.15, 0.2) is 12.3 Å². The molecule has 0 aliphatic heterocycles. The molecule has 0 fully saturated rings. The third-order valence-electron chi connectivity index (χ3n) is 1.98. The second-order valence-corrected chi connectivity index (χ2v) is 4.39. The van der Waals surface area contributed by atoms with Crippen LogP contribution in [-0.4, -0.2) is 28.5 Å². The summed E-state index contributed by atoms with van der Waals surface area (Å²) in [5, 5.41) is 2.81. The van der Waals surface area contributed by atoms with Crippen molar-refractivity contribution in [2.45, 2.75) is 0 Å². The SMILES string of the molecule is C#CCSCCNC(=O)c1cc(N)cn1C. The smallest absolute Gasteiger partial charge is 0.268 e. The number of rotatable bonds is 5. The summed E-state index contributed by atoms with van der Waals surface area (Å²) in [6.45, 7) is 0.607. The molecule has 86 valence electrons. The minimum absolute atomic E-state index is 0.111. The molecular weight excluding hydrogens is 222 g/mol. The van der Waals surface area contributed by atoms with Gasteiger partial charge >= 0.3 is 0 Å². The molecule has 3 N–H and O–H groups in total. The van der Waals surface area contributed by atoms with E-state index in [4.69, 9.17) is 12.2 Å². The van der Waals surface area contributed by atoms with Crippen molar-refractivity contribution < 1.29 is 4.79 Å². The van der Waals surface area contributed by atoms with Crippen molar-refractivity contribution in [1.29, 1.82) is 0 Å². The van der Waals surface area contributed by atoms with Gasteiger partial charge in [-0.1, -0.05) is 5.92 Å². The Labute approximate surface area is 99.6 Å². The second kappa shape index (κ2) is 6.13. The van der Waals surface area contributed by atoms with Crippen molar-refractivity contribution in [3.8, 4) is 12.3 Å². The van der Waals surface area contributed by atoms with Crippen LogP contribution < -0.4 is 11.1 Å². The summed E-state index contributed by atoms with van der Waals surface area (Å²) in [4.78, 5) is 11.7. The van der Waals surface area contributed by atoms with Crippen LogP contribution in [0.1, 0.15) is 10.5 Å². The number of anilines is 1. The number of hydrogen-bond donors (Lipinski definition) is 2. The molecule has 0 bridgehead atoms. The zero-order valence-electron chi connectivity index (χ0n) is 9.19. The maximum atomic E-state index is 11.7. The Morgan fingerprint density at radius 2 is 2.50 bits per heavy atom. The van der Waals surface area contributed by atoms with Crippen molar-refractivity contribution in [1.82, 2.24) is 9.88 Å². The van der Waals surface area contributed by atoms with E-state index in [-0.39, 0.29) is 5.91 Å². The van der Waals surface area contributed by atoms with Crippen molar-refractivity contribution >= 4 is 23.4 Å². The number of nitrogens with one attached hydrogen (secondary N) is 1. The lowest BCUT2D eigenvalue weighted by Crippen LogP contribution is -2.27. The zero-order chi connectivity index (χ0) is 12.0. The van der Waals surface area contributed by atoms with Gasteiger partial charge in [-0.25, -0.2) is 0 Å². The molecule has 1 aromatic rings. The first-order valence-electron chi connectivity index (χ1n) is 4.86. The average Bonchev–Trinajstić information content (AvgIpc) is 2.57. The summed E-state index contributed by atoms with van der Waals surface area (Å²) in [5.74, 6) is 3.91. The second-order valence-electron chi connectivity index (χ2n) is 3.28. The topological polar surface area (TPSA) is 60.1 Å². The molecule has 4 nitrogen and oxygen atoms in total. The summed E-state index contributed by atoms with van der Waals surface area (Å²) >= 11 is 1.62. The average molecular weight is 237 g/mol. The van der Waals surface area contributed by atoms with E-state index in [0.717, 1.165) is 5.75 Å². The molecule has 5 heteroatoms. The number of thioether (sulfide) groups is 1. The number of terminal acetylenes is 1. The molecule has 1 amide bonds. The highest BCUT2D eigenvalue weighted by atomic mass is 32.2. The molecule has 16 heavy (non-hydrogen) atoms.